The second-order valence-corrected chi connectivity index (χ2v) is 12.1. The van der Waals surface area contributed by atoms with Gasteiger partial charge in [-0.2, -0.15) is 0 Å². The molecule has 31 heavy (non-hydrogen) atoms. The lowest BCUT2D eigenvalue weighted by Gasteiger charge is -2.62. The van der Waals surface area contributed by atoms with E-state index in [2.05, 4.69) is 6.92 Å². The first-order chi connectivity index (χ1) is 14.5. The lowest BCUT2D eigenvalue weighted by atomic mass is 9.45. The van der Waals surface area contributed by atoms with E-state index in [4.69, 9.17) is 9.47 Å². The van der Waals surface area contributed by atoms with Crippen LogP contribution in [0.2, 0.25) is 0 Å². The van der Waals surface area contributed by atoms with Crippen LogP contribution >= 0.6 is 0 Å². The van der Waals surface area contributed by atoms with Crippen molar-refractivity contribution in [2.45, 2.75) is 88.4 Å². The zero-order chi connectivity index (χ0) is 22.4. The quantitative estimate of drug-likeness (QED) is 0.709. The summed E-state index contributed by atoms with van der Waals surface area (Å²) in [6.45, 7) is 5.89. The van der Waals surface area contributed by atoms with Crippen molar-refractivity contribution in [2.75, 3.05) is 6.26 Å². The Kier molecular flexibility index (Phi) is 4.82. The maximum absolute atomic E-state index is 17.2. The minimum absolute atomic E-state index is 0.121. The van der Waals surface area contributed by atoms with Crippen molar-refractivity contribution < 1.29 is 28.0 Å². The summed E-state index contributed by atoms with van der Waals surface area (Å²) in [4.78, 5) is 10.9. The zero-order valence-corrected chi connectivity index (χ0v) is 19.5. The minimum Gasteiger partial charge on any atom is -0.390 e. The van der Waals surface area contributed by atoms with Crippen LogP contribution < -0.4 is 0 Å². The molecule has 2 unspecified atom stereocenters. The van der Waals surface area contributed by atoms with Gasteiger partial charge in [0.15, 0.2) is 22.7 Å². The molecule has 0 amide bonds. The Hall–Kier alpha value is -0.890. The van der Waals surface area contributed by atoms with Gasteiger partial charge in [-0.3, -0.25) is 9.00 Å². The van der Waals surface area contributed by atoms with Crippen molar-refractivity contribution in [1.82, 2.24) is 0 Å². The number of alkyl halides is 1. The number of hydrogen-bond acceptors (Lipinski definition) is 5. The molecule has 0 spiro atoms. The molecule has 7 heteroatoms. The second kappa shape index (κ2) is 6.81. The lowest BCUT2D eigenvalue weighted by Crippen LogP contribution is -2.69. The van der Waals surface area contributed by atoms with E-state index in [1.165, 1.54) is 6.08 Å². The van der Waals surface area contributed by atoms with Gasteiger partial charge in [-0.1, -0.05) is 31.9 Å². The molecule has 0 aromatic heterocycles. The number of rotatable bonds is 3. The highest BCUT2D eigenvalue weighted by atomic mass is 32.2. The zero-order valence-electron chi connectivity index (χ0n) is 18.7. The SMILES string of the molecule is CCCC1O[C@@H]2C[C@H]3[C@@H]4CCC5=CC(=O)C=C[C@]5(C)[C@]4(F)[C@@H](O)C[C@]3(C)[C@]2(S(C)=O)O1. The summed E-state index contributed by atoms with van der Waals surface area (Å²) >= 11 is 0. The number of carbonyl (C=O) groups is 1. The molecule has 4 fully saturated rings. The van der Waals surface area contributed by atoms with Crippen LogP contribution in [0.25, 0.3) is 0 Å². The Bertz CT molecular complexity index is 902. The molecule has 3 saturated carbocycles. The molecule has 5 aliphatic rings. The van der Waals surface area contributed by atoms with Gasteiger partial charge >= 0.3 is 0 Å². The van der Waals surface area contributed by atoms with Crippen LogP contribution in [0.15, 0.2) is 23.8 Å². The predicted molar refractivity (Wildman–Crippen MR) is 115 cm³/mol. The van der Waals surface area contributed by atoms with Crippen molar-refractivity contribution in [3.63, 3.8) is 0 Å². The van der Waals surface area contributed by atoms with Gasteiger partial charge in [0.1, 0.15) is 6.10 Å². The Morgan fingerprint density at radius 1 is 1.32 bits per heavy atom. The first-order valence-electron chi connectivity index (χ1n) is 11.5. The molecule has 10 atom stereocenters. The summed E-state index contributed by atoms with van der Waals surface area (Å²) in [5.74, 6) is -0.671. The first kappa shape index (κ1) is 21.9. The summed E-state index contributed by atoms with van der Waals surface area (Å²) in [6.07, 6.45) is 7.79. The maximum Gasteiger partial charge on any atom is 0.178 e. The second-order valence-electron chi connectivity index (χ2n) is 10.6. The number of ketones is 1. The molecule has 5 rings (SSSR count). The summed E-state index contributed by atoms with van der Waals surface area (Å²) < 4.78 is 43.0. The normalized spacial score (nSPS) is 53.9. The van der Waals surface area contributed by atoms with E-state index in [0.29, 0.717) is 19.3 Å². The fourth-order valence-electron chi connectivity index (χ4n) is 7.85. The van der Waals surface area contributed by atoms with Gasteiger partial charge < -0.3 is 14.6 Å². The van der Waals surface area contributed by atoms with Crippen LogP contribution in [0.3, 0.4) is 0 Å². The van der Waals surface area contributed by atoms with E-state index in [9.17, 15) is 14.1 Å². The van der Waals surface area contributed by atoms with Crippen molar-refractivity contribution >= 4 is 16.6 Å². The van der Waals surface area contributed by atoms with E-state index in [0.717, 1.165) is 18.4 Å². The molecule has 1 aliphatic heterocycles. The summed E-state index contributed by atoms with van der Waals surface area (Å²) in [5.41, 5.74) is -2.81. The van der Waals surface area contributed by atoms with E-state index in [1.807, 2.05) is 13.8 Å². The van der Waals surface area contributed by atoms with Gasteiger partial charge in [0.2, 0.25) is 0 Å². The number of halogens is 1. The van der Waals surface area contributed by atoms with E-state index >= 15 is 4.39 Å². The fraction of sp³-hybridized carbons (Fsp3) is 0.792. The van der Waals surface area contributed by atoms with Gasteiger partial charge in [-0.25, -0.2) is 4.39 Å². The van der Waals surface area contributed by atoms with Crippen LogP contribution in [-0.2, 0) is 25.1 Å². The lowest BCUT2D eigenvalue weighted by molar-refractivity contribution is -0.217. The number of aliphatic hydroxyl groups is 1. The molecule has 5 nitrogen and oxygen atoms in total. The molecule has 1 saturated heterocycles. The average molecular weight is 453 g/mol. The smallest absolute Gasteiger partial charge is 0.178 e. The molecule has 0 aromatic carbocycles. The van der Waals surface area contributed by atoms with Gasteiger partial charge in [-0.05, 0) is 57.1 Å². The average Bonchev–Trinajstić information content (AvgIpc) is 3.17. The monoisotopic (exact) mass is 452 g/mol. The van der Waals surface area contributed by atoms with Gasteiger partial charge in [-0.15, -0.1) is 0 Å². The third kappa shape index (κ3) is 2.47. The van der Waals surface area contributed by atoms with E-state index in [-0.39, 0.29) is 24.2 Å². The highest BCUT2D eigenvalue weighted by Gasteiger charge is 2.78. The third-order valence-corrected chi connectivity index (χ3v) is 11.0. The Balaban J connectivity index is 1.59. The third-order valence-electron chi connectivity index (χ3n) is 9.29. The van der Waals surface area contributed by atoms with Gasteiger partial charge in [0, 0.05) is 23.0 Å². The molecule has 4 aliphatic carbocycles. The number of carbonyl (C=O) groups excluding carboxylic acids is 1. The predicted octanol–water partition coefficient (Wildman–Crippen LogP) is 3.58. The standard InChI is InChI=1S/C24H33FO5S/c1-5-6-20-29-19-12-17-16-8-7-14-11-15(26)9-10-21(14,2)23(16,25)18(27)13-22(17,3)24(19,30-20)31(4)28/h9-11,16-20,27H,5-8,12-13H2,1-4H3/t16-,17-,18-,19+,20?,21-,22-,23+,24-,31?/m0/s1. The van der Waals surface area contributed by atoms with Crippen molar-refractivity contribution in [3.8, 4) is 0 Å². The molecular formula is C24H33FO5S. The van der Waals surface area contributed by atoms with E-state index < -0.39 is 50.5 Å². The van der Waals surface area contributed by atoms with Gasteiger partial charge in [0.25, 0.3) is 0 Å². The van der Waals surface area contributed by atoms with E-state index in [1.54, 1.807) is 18.4 Å². The highest BCUT2D eigenvalue weighted by Crippen LogP contribution is 2.72. The highest BCUT2D eigenvalue weighted by molar-refractivity contribution is 7.85. The van der Waals surface area contributed by atoms with Crippen LogP contribution in [0.5, 0.6) is 0 Å². The molecular weight excluding hydrogens is 419 g/mol. The molecule has 1 heterocycles. The Labute approximate surface area is 185 Å². The first-order valence-corrected chi connectivity index (χ1v) is 13.1. The Morgan fingerprint density at radius 2 is 2.06 bits per heavy atom. The number of aliphatic hydroxyl groups excluding tert-OH is 1. The summed E-state index contributed by atoms with van der Waals surface area (Å²) in [5, 5.41) is 11.4. The van der Waals surface area contributed by atoms with Gasteiger partial charge in [0.05, 0.1) is 16.9 Å². The van der Waals surface area contributed by atoms with Crippen LogP contribution in [0.4, 0.5) is 4.39 Å². The number of hydrogen-bond donors (Lipinski definition) is 1. The fourth-order valence-corrected chi connectivity index (χ4v) is 9.51. The Morgan fingerprint density at radius 3 is 2.74 bits per heavy atom. The number of fused-ring (bicyclic) bond motifs is 7. The molecule has 0 bridgehead atoms. The minimum atomic E-state index is -1.89. The molecule has 0 aromatic rings. The van der Waals surface area contributed by atoms with Crippen molar-refractivity contribution in [3.05, 3.63) is 23.8 Å². The number of ether oxygens (including phenoxy) is 2. The molecule has 1 N–H and O–H groups in total. The maximum atomic E-state index is 17.2. The van der Waals surface area contributed by atoms with Crippen molar-refractivity contribution in [2.24, 2.45) is 22.7 Å². The van der Waals surface area contributed by atoms with Crippen LogP contribution in [-0.4, -0.2) is 50.5 Å². The topological polar surface area (TPSA) is 72.8 Å². The molecule has 172 valence electrons. The summed E-state index contributed by atoms with van der Waals surface area (Å²) in [7, 11) is -1.36. The molecule has 0 radical (unpaired) electrons. The van der Waals surface area contributed by atoms with Crippen LogP contribution in [0, 0.1) is 22.7 Å². The van der Waals surface area contributed by atoms with Crippen LogP contribution in [0.1, 0.15) is 59.3 Å². The largest absolute Gasteiger partial charge is 0.390 e. The summed E-state index contributed by atoms with van der Waals surface area (Å²) in [6, 6.07) is 0. The number of allylic oxidation sites excluding steroid dienone is 4. The van der Waals surface area contributed by atoms with Crippen molar-refractivity contribution in [1.29, 1.82) is 0 Å².